The molecule has 2 rings (SSSR count). The Morgan fingerprint density at radius 2 is 2.40 bits per heavy atom. The van der Waals surface area contributed by atoms with Crippen molar-refractivity contribution in [1.82, 2.24) is 4.98 Å². The summed E-state index contributed by atoms with van der Waals surface area (Å²) in [6, 6.07) is 4.00. The first kappa shape index (κ1) is 10.1. The third-order valence-corrected chi connectivity index (χ3v) is 2.95. The molecule has 1 aliphatic rings. The van der Waals surface area contributed by atoms with Gasteiger partial charge in [-0.1, -0.05) is 0 Å². The van der Waals surface area contributed by atoms with Gasteiger partial charge in [0.2, 0.25) is 0 Å². The number of piperidine rings is 1. The van der Waals surface area contributed by atoms with E-state index >= 15 is 0 Å². The fourth-order valence-corrected chi connectivity index (χ4v) is 2.19. The molecule has 1 saturated heterocycles. The maximum atomic E-state index is 11.5. The van der Waals surface area contributed by atoms with Gasteiger partial charge in [-0.15, -0.1) is 0 Å². The number of carbonyl (C=O) groups is 1. The number of pyridine rings is 1. The SMILES string of the molecule is CC(=O)C1CCCCN1c1cccnc1. The van der Waals surface area contributed by atoms with Crippen LogP contribution >= 0.6 is 0 Å². The van der Waals surface area contributed by atoms with Gasteiger partial charge in [0.15, 0.2) is 5.78 Å². The first-order valence-electron chi connectivity index (χ1n) is 5.46. The number of anilines is 1. The van der Waals surface area contributed by atoms with E-state index in [4.69, 9.17) is 0 Å². The molecule has 0 spiro atoms. The monoisotopic (exact) mass is 204 g/mol. The zero-order valence-electron chi connectivity index (χ0n) is 9.02. The highest BCUT2D eigenvalue weighted by molar-refractivity contribution is 5.85. The third kappa shape index (κ3) is 2.17. The second kappa shape index (κ2) is 4.43. The number of Topliss-reactive ketones (excluding diaryl/α,β-unsaturated/α-hetero) is 1. The van der Waals surface area contributed by atoms with Crippen LogP contribution in [0.25, 0.3) is 0 Å². The van der Waals surface area contributed by atoms with Crippen LogP contribution in [0.3, 0.4) is 0 Å². The Morgan fingerprint density at radius 1 is 1.53 bits per heavy atom. The van der Waals surface area contributed by atoms with Crippen LogP contribution in [0, 0.1) is 0 Å². The summed E-state index contributed by atoms with van der Waals surface area (Å²) in [7, 11) is 0. The van der Waals surface area contributed by atoms with E-state index in [1.807, 2.05) is 18.3 Å². The highest BCUT2D eigenvalue weighted by atomic mass is 16.1. The Balaban J connectivity index is 2.22. The number of aromatic nitrogens is 1. The quantitative estimate of drug-likeness (QED) is 0.739. The average molecular weight is 204 g/mol. The van der Waals surface area contributed by atoms with Crippen LogP contribution in [0.5, 0.6) is 0 Å². The molecule has 1 aromatic heterocycles. The molecule has 0 bridgehead atoms. The zero-order valence-corrected chi connectivity index (χ0v) is 9.02. The normalized spacial score (nSPS) is 21.4. The van der Waals surface area contributed by atoms with E-state index < -0.39 is 0 Å². The molecule has 1 atom stereocenters. The minimum Gasteiger partial charge on any atom is -0.360 e. The van der Waals surface area contributed by atoms with Crippen molar-refractivity contribution in [3.8, 4) is 0 Å². The van der Waals surface area contributed by atoms with E-state index in [9.17, 15) is 4.79 Å². The summed E-state index contributed by atoms with van der Waals surface area (Å²) < 4.78 is 0. The number of ketones is 1. The molecule has 80 valence electrons. The third-order valence-electron chi connectivity index (χ3n) is 2.95. The predicted molar refractivity (Wildman–Crippen MR) is 59.9 cm³/mol. The van der Waals surface area contributed by atoms with E-state index in [-0.39, 0.29) is 11.8 Å². The van der Waals surface area contributed by atoms with Crippen molar-refractivity contribution in [1.29, 1.82) is 0 Å². The average Bonchev–Trinajstić information content (AvgIpc) is 2.30. The van der Waals surface area contributed by atoms with Crippen molar-refractivity contribution in [2.45, 2.75) is 32.2 Å². The first-order chi connectivity index (χ1) is 7.29. The van der Waals surface area contributed by atoms with E-state index in [1.165, 1.54) is 6.42 Å². The van der Waals surface area contributed by atoms with Crippen LogP contribution in [0.1, 0.15) is 26.2 Å². The van der Waals surface area contributed by atoms with Gasteiger partial charge in [0.05, 0.1) is 17.9 Å². The molecule has 15 heavy (non-hydrogen) atoms. The second-order valence-corrected chi connectivity index (χ2v) is 4.03. The molecule has 0 saturated carbocycles. The molecule has 0 aromatic carbocycles. The van der Waals surface area contributed by atoms with Crippen molar-refractivity contribution < 1.29 is 4.79 Å². The Morgan fingerprint density at radius 3 is 3.07 bits per heavy atom. The van der Waals surface area contributed by atoms with Crippen molar-refractivity contribution in [2.24, 2.45) is 0 Å². The summed E-state index contributed by atoms with van der Waals surface area (Å²) in [4.78, 5) is 17.8. The van der Waals surface area contributed by atoms with Crippen LogP contribution in [-0.2, 0) is 4.79 Å². The van der Waals surface area contributed by atoms with Gasteiger partial charge in [-0.3, -0.25) is 9.78 Å². The number of hydrogen-bond donors (Lipinski definition) is 0. The second-order valence-electron chi connectivity index (χ2n) is 4.03. The largest absolute Gasteiger partial charge is 0.360 e. The van der Waals surface area contributed by atoms with Gasteiger partial charge in [-0.25, -0.2) is 0 Å². The van der Waals surface area contributed by atoms with Crippen LogP contribution in [0.4, 0.5) is 5.69 Å². The fraction of sp³-hybridized carbons (Fsp3) is 0.500. The van der Waals surface area contributed by atoms with Crippen molar-refractivity contribution in [3.63, 3.8) is 0 Å². The maximum absolute atomic E-state index is 11.5. The molecule has 3 heteroatoms. The summed E-state index contributed by atoms with van der Waals surface area (Å²) in [6.07, 6.45) is 6.89. The molecule has 1 unspecified atom stereocenters. The van der Waals surface area contributed by atoms with Gasteiger partial charge in [0.1, 0.15) is 0 Å². The van der Waals surface area contributed by atoms with Gasteiger partial charge in [-0.05, 0) is 38.3 Å². The van der Waals surface area contributed by atoms with Crippen molar-refractivity contribution in [2.75, 3.05) is 11.4 Å². The predicted octanol–water partition coefficient (Wildman–Crippen LogP) is 2.03. The Bertz CT molecular complexity index is 337. The molecule has 2 heterocycles. The van der Waals surface area contributed by atoms with E-state index in [2.05, 4.69) is 9.88 Å². The number of carbonyl (C=O) groups excluding carboxylic acids is 1. The molecule has 1 aromatic rings. The molecular formula is C12H16N2O. The highest BCUT2D eigenvalue weighted by Gasteiger charge is 2.25. The Hall–Kier alpha value is -1.38. The standard InChI is InChI=1S/C12H16N2O/c1-10(15)12-6-2-3-8-14(12)11-5-4-7-13-9-11/h4-5,7,9,12H,2-3,6,8H2,1H3. The van der Waals surface area contributed by atoms with Crippen molar-refractivity contribution in [3.05, 3.63) is 24.5 Å². The molecule has 0 aliphatic carbocycles. The molecule has 0 radical (unpaired) electrons. The van der Waals surface area contributed by atoms with Crippen LogP contribution in [0.2, 0.25) is 0 Å². The van der Waals surface area contributed by atoms with E-state index in [0.29, 0.717) is 0 Å². The molecule has 1 aliphatic heterocycles. The molecule has 0 amide bonds. The fourth-order valence-electron chi connectivity index (χ4n) is 2.19. The molecule has 1 fully saturated rings. The smallest absolute Gasteiger partial charge is 0.152 e. The lowest BCUT2D eigenvalue weighted by atomic mass is 9.98. The summed E-state index contributed by atoms with van der Waals surface area (Å²) in [5, 5.41) is 0. The van der Waals surface area contributed by atoms with Crippen molar-refractivity contribution >= 4 is 11.5 Å². The van der Waals surface area contributed by atoms with Gasteiger partial charge in [-0.2, -0.15) is 0 Å². The van der Waals surface area contributed by atoms with Gasteiger partial charge < -0.3 is 4.90 Å². The first-order valence-corrected chi connectivity index (χ1v) is 5.46. The number of hydrogen-bond acceptors (Lipinski definition) is 3. The van der Waals surface area contributed by atoms with Crippen LogP contribution in [-0.4, -0.2) is 23.4 Å². The van der Waals surface area contributed by atoms with Gasteiger partial charge in [0.25, 0.3) is 0 Å². The highest BCUT2D eigenvalue weighted by Crippen LogP contribution is 2.24. The molecule has 3 nitrogen and oxygen atoms in total. The Kier molecular flexibility index (Phi) is 2.99. The van der Waals surface area contributed by atoms with E-state index in [1.54, 1.807) is 13.1 Å². The minimum atomic E-state index is 0.0583. The maximum Gasteiger partial charge on any atom is 0.152 e. The lowest BCUT2D eigenvalue weighted by Gasteiger charge is -2.35. The number of nitrogens with zero attached hydrogens (tertiary/aromatic N) is 2. The summed E-state index contributed by atoms with van der Waals surface area (Å²) in [5.74, 6) is 0.263. The van der Waals surface area contributed by atoms with Crippen LogP contribution < -0.4 is 4.90 Å². The summed E-state index contributed by atoms with van der Waals surface area (Å²) in [5.41, 5.74) is 1.07. The Labute approximate surface area is 90.1 Å². The van der Waals surface area contributed by atoms with Gasteiger partial charge >= 0.3 is 0 Å². The molecule has 0 N–H and O–H groups in total. The van der Waals surface area contributed by atoms with Crippen LogP contribution in [0.15, 0.2) is 24.5 Å². The minimum absolute atomic E-state index is 0.0583. The summed E-state index contributed by atoms with van der Waals surface area (Å²) >= 11 is 0. The summed E-state index contributed by atoms with van der Waals surface area (Å²) in [6.45, 7) is 2.65. The number of rotatable bonds is 2. The van der Waals surface area contributed by atoms with Gasteiger partial charge in [0, 0.05) is 12.7 Å². The van der Waals surface area contributed by atoms with E-state index in [0.717, 1.165) is 25.1 Å². The zero-order chi connectivity index (χ0) is 10.7. The lowest BCUT2D eigenvalue weighted by molar-refractivity contribution is -0.118. The molecular weight excluding hydrogens is 188 g/mol. The topological polar surface area (TPSA) is 33.2 Å². The lowest BCUT2D eigenvalue weighted by Crippen LogP contribution is -2.43.